The molecule has 2 aromatic carbocycles. The van der Waals surface area contributed by atoms with Crippen molar-refractivity contribution in [3.63, 3.8) is 0 Å². The van der Waals surface area contributed by atoms with Crippen molar-refractivity contribution in [3.05, 3.63) is 59.2 Å². The molecule has 0 amide bonds. The Kier molecular flexibility index (Phi) is 4.44. The highest BCUT2D eigenvalue weighted by molar-refractivity contribution is 5.61. The Labute approximate surface area is 188 Å². The number of likely N-dealkylation sites (N-methyl/N-ethyl adjacent to an activating group) is 1. The summed E-state index contributed by atoms with van der Waals surface area (Å²) in [6, 6.07) is 13.7. The number of rotatable bonds is 4. The van der Waals surface area contributed by atoms with Gasteiger partial charge in [0.1, 0.15) is 12.2 Å². The van der Waals surface area contributed by atoms with E-state index in [0.29, 0.717) is 17.7 Å². The van der Waals surface area contributed by atoms with Crippen LogP contribution in [0.1, 0.15) is 35.6 Å². The van der Waals surface area contributed by atoms with Crippen molar-refractivity contribution < 1.29 is 24.8 Å². The fraction of sp³-hybridized carbons (Fsp3) is 0.538. The third kappa shape index (κ3) is 2.34. The zero-order valence-corrected chi connectivity index (χ0v) is 18.6. The van der Waals surface area contributed by atoms with Crippen LogP contribution in [0.15, 0.2) is 42.5 Å². The Hall–Kier alpha value is -2.12. The van der Waals surface area contributed by atoms with Crippen LogP contribution in [0.25, 0.3) is 0 Å². The molecular formula is C26H31NO5. The molecule has 2 aliphatic carbocycles. The average molecular weight is 438 g/mol. The highest BCUT2D eigenvalue weighted by atomic mass is 16.5. The molecule has 6 rings (SSSR count). The van der Waals surface area contributed by atoms with Gasteiger partial charge in [0.15, 0.2) is 11.5 Å². The molecule has 1 saturated heterocycles. The molecule has 4 aliphatic rings. The maximum atomic E-state index is 11.9. The fourth-order valence-corrected chi connectivity index (χ4v) is 7.47. The van der Waals surface area contributed by atoms with E-state index in [-0.39, 0.29) is 24.0 Å². The van der Waals surface area contributed by atoms with Gasteiger partial charge in [0.25, 0.3) is 0 Å². The Morgan fingerprint density at radius 3 is 2.72 bits per heavy atom. The van der Waals surface area contributed by atoms with Crippen molar-refractivity contribution in [2.75, 3.05) is 27.3 Å². The molecule has 2 bridgehead atoms. The summed E-state index contributed by atoms with van der Waals surface area (Å²) in [7, 11) is 3.81. The van der Waals surface area contributed by atoms with Gasteiger partial charge in [-0.2, -0.15) is 0 Å². The van der Waals surface area contributed by atoms with Crippen molar-refractivity contribution in [2.45, 2.75) is 49.0 Å². The van der Waals surface area contributed by atoms with E-state index in [2.05, 4.69) is 18.0 Å². The standard InChI is InChI=1S/C26H31NO5/c1-27-11-10-26-17-13-25(14-28,22(29)15-6-4-3-5-7-15)23(30)24(26)32-21-19(31-2)9-8-16(20(21)26)12-18(17)27/h3-9,17-18,22-24,28-30H,10-14H2,1-2H3/t17?,18-,22?,23+,24+,25-,26+/m1/s1. The molecule has 2 unspecified atom stereocenters. The lowest BCUT2D eigenvalue weighted by Gasteiger charge is -2.63. The highest BCUT2D eigenvalue weighted by Crippen LogP contribution is 2.67. The van der Waals surface area contributed by atoms with Crippen molar-refractivity contribution in [1.82, 2.24) is 4.90 Å². The summed E-state index contributed by atoms with van der Waals surface area (Å²) in [4.78, 5) is 2.41. The quantitative estimate of drug-likeness (QED) is 0.679. The number of nitrogens with zero attached hydrogens (tertiary/aromatic N) is 1. The molecule has 7 atom stereocenters. The minimum Gasteiger partial charge on any atom is -0.493 e. The van der Waals surface area contributed by atoms with Gasteiger partial charge in [-0.3, -0.25) is 0 Å². The van der Waals surface area contributed by atoms with Crippen LogP contribution in [0.5, 0.6) is 11.5 Å². The number of likely N-dealkylation sites (tertiary alicyclic amines) is 1. The Balaban J connectivity index is 1.54. The molecule has 6 heteroatoms. The van der Waals surface area contributed by atoms with Gasteiger partial charge in [0.2, 0.25) is 0 Å². The van der Waals surface area contributed by atoms with Gasteiger partial charge in [-0.25, -0.2) is 0 Å². The maximum Gasteiger partial charge on any atom is 0.165 e. The molecule has 6 nitrogen and oxygen atoms in total. The van der Waals surface area contributed by atoms with Crippen molar-refractivity contribution in [2.24, 2.45) is 11.3 Å². The third-order valence-corrected chi connectivity index (χ3v) is 9.08. The van der Waals surface area contributed by atoms with E-state index in [9.17, 15) is 15.3 Å². The van der Waals surface area contributed by atoms with Crippen LogP contribution in [-0.4, -0.2) is 65.8 Å². The number of hydrogen-bond donors (Lipinski definition) is 3. The van der Waals surface area contributed by atoms with Gasteiger partial charge < -0.3 is 29.7 Å². The number of aliphatic hydroxyl groups excluding tert-OH is 3. The number of piperidine rings is 1. The fourth-order valence-electron chi connectivity index (χ4n) is 7.47. The Morgan fingerprint density at radius 1 is 1.22 bits per heavy atom. The number of hydrogen-bond acceptors (Lipinski definition) is 6. The van der Waals surface area contributed by atoms with Gasteiger partial charge in [0, 0.05) is 17.0 Å². The predicted molar refractivity (Wildman–Crippen MR) is 119 cm³/mol. The molecule has 2 aliphatic heterocycles. The molecule has 2 heterocycles. The number of ether oxygens (including phenoxy) is 2. The normalized spacial score (nSPS) is 38.0. The van der Waals surface area contributed by atoms with Gasteiger partial charge in [-0.15, -0.1) is 0 Å². The van der Waals surface area contributed by atoms with E-state index in [4.69, 9.17) is 9.47 Å². The van der Waals surface area contributed by atoms with Gasteiger partial charge in [-0.1, -0.05) is 36.4 Å². The average Bonchev–Trinajstić information content (AvgIpc) is 3.18. The van der Waals surface area contributed by atoms with E-state index < -0.39 is 23.7 Å². The minimum atomic E-state index is -1.11. The van der Waals surface area contributed by atoms with Crippen LogP contribution in [0.2, 0.25) is 0 Å². The topological polar surface area (TPSA) is 82.4 Å². The number of aliphatic hydroxyl groups is 3. The van der Waals surface area contributed by atoms with E-state index in [1.807, 2.05) is 36.4 Å². The van der Waals surface area contributed by atoms with E-state index in [1.165, 1.54) is 11.1 Å². The van der Waals surface area contributed by atoms with Gasteiger partial charge in [-0.05, 0) is 56.0 Å². The van der Waals surface area contributed by atoms with E-state index in [1.54, 1.807) is 7.11 Å². The van der Waals surface area contributed by atoms with Crippen LogP contribution in [0, 0.1) is 11.3 Å². The molecule has 0 aromatic heterocycles. The Bertz CT molecular complexity index is 1040. The molecule has 0 radical (unpaired) electrons. The molecule has 2 fully saturated rings. The summed E-state index contributed by atoms with van der Waals surface area (Å²) >= 11 is 0. The molecule has 32 heavy (non-hydrogen) atoms. The first-order valence-electron chi connectivity index (χ1n) is 11.6. The number of methoxy groups -OCH3 is 1. The lowest BCUT2D eigenvalue weighted by atomic mass is 9.46. The molecule has 3 N–H and O–H groups in total. The summed E-state index contributed by atoms with van der Waals surface area (Å²) in [6.45, 7) is 0.616. The van der Waals surface area contributed by atoms with Crippen LogP contribution in [0.4, 0.5) is 0 Å². The lowest BCUT2D eigenvalue weighted by Crippen LogP contribution is -2.71. The van der Waals surface area contributed by atoms with Crippen LogP contribution in [0.3, 0.4) is 0 Å². The predicted octanol–water partition coefficient (Wildman–Crippen LogP) is 2.05. The van der Waals surface area contributed by atoms with Gasteiger partial charge >= 0.3 is 0 Å². The summed E-state index contributed by atoms with van der Waals surface area (Å²) in [5.74, 6) is 1.58. The largest absolute Gasteiger partial charge is 0.493 e. The summed E-state index contributed by atoms with van der Waals surface area (Å²) in [6.07, 6.45) is -0.250. The summed E-state index contributed by atoms with van der Waals surface area (Å²) in [5.41, 5.74) is 1.73. The van der Waals surface area contributed by atoms with Crippen LogP contribution in [-0.2, 0) is 11.8 Å². The highest BCUT2D eigenvalue weighted by Gasteiger charge is 2.71. The first-order chi connectivity index (χ1) is 15.5. The summed E-state index contributed by atoms with van der Waals surface area (Å²) in [5, 5.41) is 34.1. The second-order valence-electron chi connectivity index (χ2n) is 10.2. The summed E-state index contributed by atoms with van der Waals surface area (Å²) < 4.78 is 12.2. The first kappa shape index (κ1) is 20.5. The smallest absolute Gasteiger partial charge is 0.165 e. The zero-order chi connectivity index (χ0) is 22.3. The molecule has 1 saturated carbocycles. The second-order valence-corrected chi connectivity index (χ2v) is 10.2. The molecule has 1 spiro atoms. The van der Waals surface area contributed by atoms with Gasteiger partial charge in [0.05, 0.1) is 25.2 Å². The zero-order valence-electron chi connectivity index (χ0n) is 18.6. The van der Waals surface area contributed by atoms with Crippen LogP contribution < -0.4 is 9.47 Å². The maximum absolute atomic E-state index is 11.9. The third-order valence-electron chi connectivity index (χ3n) is 9.08. The van der Waals surface area contributed by atoms with Crippen molar-refractivity contribution in [3.8, 4) is 11.5 Å². The van der Waals surface area contributed by atoms with E-state index in [0.717, 1.165) is 25.1 Å². The SMILES string of the molecule is COc1ccc2c3c1O[C@H]1[C@H](O)[C@](CO)(C(O)c4ccccc4)CC4[C@@H](C2)N(C)CC[C@@]341. The monoisotopic (exact) mass is 437 g/mol. The Morgan fingerprint density at radius 2 is 2.00 bits per heavy atom. The van der Waals surface area contributed by atoms with Crippen molar-refractivity contribution in [1.29, 1.82) is 0 Å². The molecule has 2 aromatic rings. The number of benzene rings is 2. The molecular weight excluding hydrogens is 406 g/mol. The lowest BCUT2D eigenvalue weighted by molar-refractivity contribution is -0.210. The van der Waals surface area contributed by atoms with Crippen LogP contribution >= 0.6 is 0 Å². The van der Waals surface area contributed by atoms with Crippen molar-refractivity contribution >= 4 is 0 Å². The molecule has 170 valence electrons. The first-order valence-corrected chi connectivity index (χ1v) is 11.6. The van der Waals surface area contributed by atoms with E-state index >= 15 is 0 Å². The second kappa shape index (κ2) is 6.94. The minimum absolute atomic E-state index is 0.154.